The van der Waals surface area contributed by atoms with Crippen LogP contribution in [0.2, 0.25) is 0 Å². The van der Waals surface area contributed by atoms with E-state index in [4.69, 9.17) is 9.47 Å². The molecule has 1 aliphatic carbocycles. The summed E-state index contributed by atoms with van der Waals surface area (Å²) in [6.45, 7) is 6.36. The molecule has 106 valence electrons. The molecular formula is C17H20O3. The van der Waals surface area contributed by atoms with Crippen LogP contribution in [0.5, 0.6) is 11.5 Å². The number of benzene rings is 1. The lowest BCUT2D eigenvalue weighted by Gasteiger charge is -2.22. The van der Waals surface area contributed by atoms with Gasteiger partial charge >= 0.3 is 0 Å². The van der Waals surface area contributed by atoms with Crippen molar-refractivity contribution in [3.63, 3.8) is 0 Å². The minimum Gasteiger partial charge on any atom is -0.497 e. The lowest BCUT2D eigenvalue weighted by Crippen LogP contribution is -2.18. The third-order valence-corrected chi connectivity index (χ3v) is 3.62. The van der Waals surface area contributed by atoms with Gasteiger partial charge in [0, 0.05) is 12.5 Å². The summed E-state index contributed by atoms with van der Waals surface area (Å²) in [5.74, 6) is 1.92. The molecule has 0 radical (unpaired) electrons. The lowest BCUT2D eigenvalue weighted by atomic mass is 9.85. The number of rotatable bonds is 5. The van der Waals surface area contributed by atoms with Gasteiger partial charge in [-0.3, -0.25) is 4.79 Å². The van der Waals surface area contributed by atoms with Crippen molar-refractivity contribution in [1.82, 2.24) is 0 Å². The predicted molar refractivity (Wildman–Crippen MR) is 79.1 cm³/mol. The number of allylic oxidation sites excluding steroid dienone is 2. The molecule has 20 heavy (non-hydrogen) atoms. The maximum atomic E-state index is 11.7. The highest BCUT2D eigenvalue weighted by Gasteiger charge is 2.21. The molecule has 0 saturated heterocycles. The molecule has 0 fully saturated rings. The fraction of sp³-hybridized carbons (Fsp3) is 0.353. The van der Waals surface area contributed by atoms with Gasteiger partial charge in [-0.1, -0.05) is 18.7 Å². The molecule has 1 aromatic rings. The summed E-state index contributed by atoms with van der Waals surface area (Å²) in [5, 5.41) is 0. The van der Waals surface area contributed by atoms with Crippen molar-refractivity contribution >= 4 is 5.78 Å². The van der Waals surface area contributed by atoms with E-state index in [9.17, 15) is 4.79 Å². The molecule has 0 spiro atoms. The Morgan fingerprint density at radius 3 is 2.85 bits per heavy atom. The van der Waals surface area contributed by atoms with Crippen LogP contribution in [0.15, 0.2) is 48.1 Å². The second kappa shape index (κ2) is 6.42. The molecule has 0 unspecified atom stereocenters. The summed E-state index contributed by atoms with van der Waals surface area (Å²) in [5.41, 5.74) is 1.83. The van der Waals surface area contributed by atoms with Crippen molar-refractivity contribution in [1.29, 1.82) is 0 Å². The molecule has 1 aliphatic rings. The van der Waals surface area contributed by atoms with Crippen molar-refractivity contribution in [2.45, 2.75) is 19.8 Å². The number of methoxy groups -OCH3 is 1. The first-order chi connectivity index (χ1) is 9.60. The van der Waals surface area contributed by atoms with Gasteiger partial charge in [-0.2, -0.15) is 0 Å². The van der Waals surface area contributed by atoms with Crippen molar-refractivity contribution in [3.05, 3.63) is 48.1 Å². The van der Waals surface area contributed by atoms with Crippen LogP contribution < -0.4 is 9.47 Å². The summed E-state index contributed by atoms with van der Waals surface area (Å²) >= 11 is 0. The number of hydrogen-bond acceptors (Lipinski definition) is 3. The van der Waals surface area contributed by atoms with Crippen LogP contribution in [0.4, 0.5) is 0 Å². The first kappa shape index (κ1) is 14.4. The third-order valence-electron chi connectivity index (χ3n) is 3.62. The Balaban J connectivity index is 1.91. The fourth-order valence-electron chi connectivity index (χ4n) is 2.20. The normalized spacial score (nSPS) is 18.4. The van der Waals surface area contributed by atoms with Crippen LogP contribution in [0, 0.1) is 5.92 Å². The highest BCUT2D eigenvalue weighted by Crippen LogP contribution is 2.27. The highest BCUT2D eigenvalue weighted by molar-refractivity contribution is 5.95. The molecule has 3 heteroatoms. The van der Waals surface area contributed by atoms with E-state index in [0.29, 0.717) is 13.0 Å². The van der Waals surface area contributed by atoms with Crippen molar-refractivity contribution in [2.75, 3.05) is 13.7 Å². The van der Waals surface area contributed by atoms with Crippen molar-refractivity contribution < 1.29 is 14.3 Å². The maximum absolute atomic E-state index is 11.7. The van der Waals surface area contributed by atoms with E-state index in [1.165, 1.54) is 0 Å². The van der Waals surface area contributed by atoms with Gasteiger partial charge in [-0.05, 0) is 42.5 Å². The van der Waals surface area contributed by atoms with Gasteiger partial charge in [0.05, 0.1) is 7.11 Å². The molecule has 0 heterocycles. The van der Waals surface area contributed by atoms with E-state index >= 15 is 0 Å². The predicted octanol–water partition coefficient (Wildman–Crippen LogP) is 3.56. The summed E-state index contributed by atoms with van der Waals surface area (Å²) in [6.07, 6.45) is 3.41. The zero-order valence-corrected chi connectivity index (χ0v) is 12.0. The van der Waals surface area contributed by atoms with Gasteiger partial charge in [0.15, 0.2) is 5.78 Å². The SMILES string of the molecule is C=C(COc1cccc(OC)c1)[C@@H]1CC=C(C)C(=O)C1. The van der Waals surface area contributed by atoms with Gasteiger partial charge in [0.1, 0.15) is 18.1 Å². The van der Waals surface area contributed by atoms with Crippen LogP contribution in [0.3, 0.4) is 0 Å². The van der Waals surface area contributed by atoms with Crippen LogP contribution in [0.25, 0.3) is 0 Å². The Morgan fingerprint density at radius 2 is 2.15 bits per heavy atom. The second-order valence-electron chi connectivity index (χ2n) is 5.07. The van der Waals surface area contributed by atoms with Crippen LogP contribution in [-0.2, 0) is 4.79 Å². The number of hydrogen-bond donors (Lipinski definition) is 0. The summed E-state index contributed by atoms with van der Waals surface area (Å²) in [6, 6.07) is 7.47. The van der Waals surface area contributed by atoms with Gasteiger partial charge in [-0.25, -0.2) is 0 Å². The molecule has 1 aromatic carbocycles. The molecule has 0 aliphatic heterocycles. The lowest BCUT2D eigenvalue weighted by molar-refractivity contribution is -0.116. The standard InChI is InChI=1S/C17H20O3/c1-12-7-8-14(9-17(12)18)13(2)11-20-16-6-4-5-15(10-16)19-3/h4-7,10,14H,2,8-9,11H2,1,3H3/t14-/m1/s1. The van der Waals surface area contributed by atoms with Gasteiger partial charge in [0.25, 0.3) is 0 Å². The zero-order valence-electron chi connectivity index (χ0n) is 12.0. The van der Waals surface area contributed by atoms with Crippen LogP contribution in [0.1, 0.15) is 19.8 Å². The summed E-state index contributed by atoms with van der Waals surface area (Å²) in [7, 11) is 1.63. The number of ether oxygens (including phenoxy) is 2. The fourth-order valence-corrected chi connectivity index (χ4v) is 2.20. The molecule has 0 bridgehead atoms. The highest BCUT2D eigenvalue weighted by atomic mass is 16.5. The molecule has 0 aromatic heterocycles. The largest absolute Gasteiger partial charge is 0.497 e. The number of ketones is 1. The Kier molecular flexibility index (Phi) is 4.61. The van der Waals surface area contributed by atoms with Gasteiger partial charge in [0.2, 0.25) is 0 Å². The van der Waals surface area contributed by atoms with E-state index < -0.39 is 0 Å². The van der Waals surface area contributed by atoms with E-state index in [1.54, 1.807) is 7.11 Å². The van der Waals surface area contributed by atoms with Gasteiger partial charge in [-0.15, -0.1) is 0 Å². The van der Waals surface area contributed by atoms with Crippen molar-refractivity contribution in [2.24, 2.45) is 5.92 Å². The van der Waals surface area contributed by atoms with E-state index in [2.05, 4.69) is 6.58 Å². The molecule has 2 rings (SSSR count). The average molecular weight is 272 g/mol. The molecule has 1 atom stereocenters. The Labute approximate surface area is 119 Å². The Morgan fingerprint density at radius 1 is 1.40 bits per heavy atom. The maximum Gasteiger partial charge on any atom is 0.158 e. The quantitative estimate of drug-likeness (QED) is 0.769. The van der Waals surface area contributed by atoms with E-state index in [-0.39, 0.29) is 11.7 Å². The number of carbonyl (C=O) groups is 1. The Hall–Kier alpha value is -2.03. The smallest absolute Gasteiger partial charge is 0.158 e. The van der Waals surface area contributed by atoms with E-state index in [0.717, 1.165) is 29.1 Å². The van der Waals surface area contributed by atoms with Crippen LogP contribution >= 0.6 is 0 Å². The minimum absolute atomic E-state index is 0.191. The summed E-state index contributed by atoms with van der Waals surface area (Å²) in [4.78, 5) is 11.7. The number of carbonyl (C=O) groups excluding carboxylic acids is 1. The van der Waals surface area contributed by atoms with Gasteiger partial charge < -0.3 is 9.47 Å². The molecule has 0 amide bonds. The van der Waals surface area contributed by atoms with Crippen LogP contribution in [-0.4, -0.2) is 19.5 Å². The molecular weight excluding hydrogens is 252 g/mol. The first-order valence-corrected chi connectivity index (χ1v) is 6.74. The Bertz CT molecular complexity index is 543. The summed E-state index contributed by atoms with van der Waals surface area (Å²) < 4.78 is 10.9. The first-order valence-electron chi connectivity index (χ1n) is 6.74. The molecule has 0 saturated carbocycles. The molecule has 3 nitrogen and oxygen atoms in total. The number of Topliss-reactive ketones (excluding diaryl/α,β-unsaturated/α-hetero) is 1. The minimum atomic E-state index is 0.191. The topological polar surface area (TPSA) is 35.5 Å². The second-order valence-corrected chi connectivity index (χ2v) is 5.07. The van der Waals surface area contributed by atoms with E-state index in [1.807, 2.05) is 37.3 Å². The monoisotopic (exact) mass is 272 g/mol. The molecule has 0 N–H and O–H groups in total. The average Bonchev–Trinajstić information content (AvgIpc) is 2.47. The van der Waals surface area contributed by atoms with Crippen molar-refractivity contribution in [3.8, 4) is 11.5 Å². The zero-order chi connectivity index (χ0) is 14.5. The third kappa shape index (κ3) is 3.50.